The number of halogens is 3. The first-order chi connectivity index (χ1) is 19.9. The van der Waals surface area contributed by atoms with Gasteiger partial charge in [-0.3, -0.25) is 19.3 Å². The number of alkyl halides is 3. The molecule has 0 unspecified atom stereocenters. The molecule has 0 aromatic heterocycles. The smallest absolute Gasteiger partial charge is 0.417 e. The highest BCUT2D eigenvalue weighted by molar-refractivity contribution is 6.23. The molecule has 0 aliphatic carbocycles. The molecular formula is C31H32F3N3O5. The Hall–Kier alpha value is -3.75. The SMILES string of the molecule is C[C@]12CN(CCCCCC(=O)OCc3ccccc3)C[C@](C)(O1)[C@H]1C(=O)N(c3ccc(C#N)c(C(F)(F)F)c3)C(=O)[C@H]12. The van der Waals surface area contributed by atoms with E-state index in [0.717, 1.165) is 29.4 Å². The normalized spacial score (nSPS) is 27.2. The van der Waals surface area contributed by atoms with Gasteiger partial charge in [0, 0.05) is 19.5 Å². The standard InChI is InChI=1S/C31H32F3N3O5/c1-29-18-36(14-8-4-7-11-24(38)41-17-20-9-5-3-6-10-20)19-30(2,42-29)26-25(29)27(39)37(28(26)40)22-13-12-21(16-35)23(15-22)31(32,33)34/h3,5-6,9-10,12-13,15,25-26H,4,7-8,11,14,17-19H2,1-2H3/t25-,26+,29+,30-. The number of likely N-dealkylation sites (tertiary alicyclic amines) is 1. The predicted octanol–water partition coefficient (Wildman–Crippen LogP) is 4.85. The second-order valence-electron chi connectivity index (χ2n) is 11.7. The number of carbonyl (C=O) groups is 3. The second kappa shape index (κ2) is 11.2. The van der Waals surface area contributed by atoms with E-state index >= 15 is 0 Å². The van der Waals surface area contributed by atoms with Gasteiger partial charge in [0.1, 0.15) is 6.61 Å². The van der Waals surface area contributed by atoms with Crippen LogP contribution in [0.4, 0.5) is 18.9 Å². The Morgan fingerprint density at radius 2 is 1.67 bits per heavy atom. The van der Waals surface area contributed by atoms with E-state index < -0.39 is 52.2 Å². The molecule has 2 aromatic rings. The van der Waals surface area contributed by atoms with Crippen LogP contribution in [0.25, 0.3) is 0 Å². The van der Waals surface area contributed by atoms with Crippen molar-refractivity contribution in [1.82, 2.24) is 4.90 Å². The lowest BCUT2D eigenvalue weighted by atomic mass is 9.79. The predicted molar refractivity (Wildman–Crippen MR) is 145 cm³/mol. The van der Waals surface area contributed by atoms with E-state index in [0.29, 0.717) is 38.5 Å². The van der Waals surface area contributed by atoms with Crippen LogP contribution in [0.1, 0.15) is 56.2 Å². The highest BCUT2D eigenvalue weighted by Gasteiger charge is 2.71. The van der Waals surface area contributed by atoms with Gasteiger partial charge in [-0.25, -0.2) is 4.90 Å². The highest BCUT2D eigenvalue weighted by atomic mass is 19.4. The summed E-state index contributed by atoms with van der Waals surface area (Å²) < 4.78 is 52.4. The molecule has 4 atom stereocenters. The van der Waals surface area contributed by atoms with Crippen molar-refractivity contribution < 1.29 is 37.0 Å². The van der Waals surface area contributed by atoms with Crippen molar-refractivity contribution in [3.8, 4) is 6.07 Å². The largest absolute Gasteiger partial charge is 0.461 e. The zero-order valence-electron chi connectivity index (χ0n) is 23.4. The number of nitrogens with zero attached hydrogens (tertiary/aromatic N) is 3. The summed E-state index contributed by atoms with van der Waals surface area (Å²) in [6, 6.07) is 13.9. The molecule has 222 valence electrons. The van der Waals surface area contributed by atoms with Crippen molar-refractivity contribution in [3.05, 3.63) is 65.2 Å². The van der Waals surface area contributed by atoms with E-state index in [1.807, 2.05) is 30.3 Å². The van der Waals surface area contributed by atoms with E-state index in [1.54, 1.807) is 13.8 Å². The molecular weight excluding hydrogens is 551 g/mol. The molecule has 3 fully saturated rings. The van der Waals surface area contributed by atoms with Crippen molar-refractivity contribution in [3.63, 3.8) is 0 Å². The minimum Gasteiger partial charge on any atom is -0.461 e. The lowest BCUT2D eigenvalue weighted by molar-refractivity contribution is -0.169. The summed E-state index contributed by atoms with van der Waals surface area (Å²) in [4.78, 5) is 42.3. The molecule has 3 aliphatic heterocycles. The third-order valence-electron chi connectivity index (χ3n) is 8.45. The Balaban J connectivity index is 1.19. The molecule has 11 heteroatoms. The average Bonchev–Trinajstić information content (AvgIpc) is 3.31. The lowest BCUT2D eigenvalue weighted by Gasteiger charge is -2.45. The van der Waals surface area contributed by atoms with Crippen LogP contribution < -0.4 is 4.90 Å². The maximum absolute atomic E-state index is 13.6. The number of benzene rings is 2. The molecule has 0 spiro atoms. The summed E-state index contributed by atoms with van der Waals surface area (Å²) in [5, 5.41) is 9.11. The second-order valence-corrected chi connectivity index (χ2v) is 11.7. The fraction of sp³-hybridized carbons (Fsp3) is 0.484. The van der Waals surface area contributed by atoms with E-state index in [1.165, 1.54) is 12.1 Å². The quantitative estimate of drug-likeness (QED) is 0.236. The van der Waals surface area contributed by atoms with Crippen molar-refractivity contribution in [2.75, 3.05) is 24.5 Å². The fourth-order valence-electron chi connectivity index (χ4n) is 6.77. The highest BCUT2D eigenvalue weighted by Crippen LogP contribution is 2.55. The number of unbranched alkanes of at least 4 members (excludes halogenated alkanes) is 2. The number of amides is 2. The minimum absolute atomic E-state index is 0.199. The first kappa shape index (κ1) is 29.7. The molecule has 2 amide bonds. The summed E-state index contributed by atoms with van der Waals surface area (Å²) in [5.41, 5.74) is -3.04. The molecule has 5 rings (SSSR count). The van der Waals surface area contributed by atoms with Crippen molar-refractivity contribution in [2.45, 2.75) is 63.5 Å². The number of nitriles is 1. The number of ether oxygens (including phenoxy) is 2. The number of morpholine rings is 1. The van der Waals surface area contributed by atoms with Gasteiger partial charge in [0.25, 0.3) is 0 Å². The maximum atomic E-state index is 13.6. The molecule has 42 heavy (non-hydrogen) atoms. The lowest BCUT2D eigenvalue weighted by Crippen LogP contribution is -2.58. The molecule has 3 heterocycles. The van der Waals surface area contributed by atoms with E-state index in [9.17, 15) is 27.6 Å². The monoisotopic (exact) mass is 583 g/mol. The van der Waals surface area contributed by atoms with Crippen LogP contribution in [-0.2, 0) is 36.6 Å². The Labute approximate surface area is 242 Å². The number of hydrogen-bond donors (Lipinski definition) is 0. The summed E-state index contributed by atoms with van der Waals surface area (Å²) in [5.74, 6) is -3.12. The van der Waals surface area contributed by atoms with Crippen LogP contribution in [0, 0.1) is 23.2 Å². The first-order valence-corrected chi connectivity index (χ1v) is 14.0. The van der Waals surface area contributed by atoms with Gasteiger partial charge in [-0.05, 0) is 57.0 Å². The van der Waals surface area contributed by atoms with E-state index in [-0.39, 0.29) is 18.3 Å². The van der Waals surface area contributed by atoms with Gasteiger partial charge in [0.05, 0.1) is 45.9 Å². The van der Waals surface area contributed by atoms with E-state index in [4.69, 9.17) is 14.7 Å². The Bertz CT molecular complexity index is 1390. The molecule has 0 radical (unpaired) electrons. The molecule has 8 nitrogen and oxygen atoms in total. The Morgan fingerprint density at radius 1 is 1.02 bits per heavy atom. The third-order valence-corrected chi connectivity index (χ3v) is 8.45. The number of anilines is 1. The zero-order valence-corrected chi connectivity index (χ0v) is 23.4. The number of rotatable bonds is 9. The van der Waals surface area contributed by atoms with E-state index in [2.05, 4.69) is 4.90 Å². The summed E-state index contributed by atoms with van der Waals surface area (Å²) in [7, 11) is 0. The number of carbonyl (C=O) groups excluding carboxylic acids is 3. The Morgan fingerprint density at radius 3 is 2.26 bits per heavy atom. The fourth-order valence-corrected chi connectivity index (χ4v) is 6.77. The molecule has 2 aromatic carbocycles. The van der Waals surface area contributed by atoms with Gasteiger partial charge in [-0.15, -0.1) is 0 Å². The number of fused-ring (bicyclic) bond motifs is 5. The van der Waals surface area contributed by atoms with Crippen LogP contribution >= 0.6 is 0 Å². The van der Waals surface area contributed by atoms with Gasteiger partial charge in [-0.1, -0.05) is 36.8 Å². The van der Waals surface area contributed by atoms with Crippen LogP contribution in [0.3, 0.4) is 0 Å². The van der Waals surface area contributed by atoms with Crippen molar-refractivity contribution in [1.29, 1.82) is 5.26 Å². The van der Waals surface area contributed by atoms with Gasteiger partial charge in [-0.2, -0.15) is 18.4 Å². The van der Waals surface area contributed by atoms with Gasteiger partial charge >= 0.3 is 12.1 Å². The molecule has 2 bridgehead atoms. The Kier molecular flexibility index (Phi) is 7.89. The minimum atomic E-state index is -4.82. The van der Waals surface area contributed by atoms with Crippen LogP contribution in [-0.4, -0.2) is 53.5 Å². The molecule has 3 aliphatic rings. The summed E-state index contributed by atoms with van der Waals surface area (Å²) in [6.45, 7) is 5.26. The number of hydrogen-bond acceptors (Lipinski definition) is 7. The van der Waals surface area contributed by atoms with Crippen LogP contribution in [0.5, 0.6) is 0 Å². The average molecular weight is 584 g/mol. The van der Waals surface area contributed by atoms with Gasteiger partial charge < -0.3 is 9.47 Å². The van der Waals surface area contributed by atoms with Crippen molar-refractivity contribution in [2.24, 2.45) is 11.8 Å². The number of imide groups is 1. The third kappa shape index (κ3) is 5.53. The van der Waals surface area contributed by atoms with Crippen LogP contribution in [0.2, 0.25) is 0 Å². The zero-order chi connectivity index (χ0) is 30.3. The maximum Gasteiger partial charge on any atom is 0.417 e. The number of esters is 1. The van der Waals surface area contributed by atoms with Gasteiger partial charge in [0.2, 0.25) is 11.8 Å². The summed E-state index contributed by atoms with van der Waals surface area (Å²) >= 11 is 0. The van der Waals surface area contributed by atoms with Crippen LogP contribution in [0.15, 0.2) is 48.5 Å². The van der Waals surface area contributed by atoms with Crippen molar-refractivity contribution >= 4 is 23.5 Å². The van der Waals surface area contributed by atoms with Gasteiger partial charge in [0.15, 0.2) is 0 Å². The molecule has 0 N–H and O–H groups in total. The first-order valence-electron chi connectivity index (χ1n) is 14.0. The molecule has 3 saturated heterocycles. The topological polar surface area (TPSA) is 99.9 Å². The molecule has 0 saturated carbocycles. The summed E-state index contributed by atoms with van der Waals surface area (Å²) in [6.07, 6.45) is -2.23.